The quantitative estimate of drug-likeness (QED) is 0.859. The molecule has 0 radical (unpaired) electrons. The van der Waals surface area contributed by atoms with Crippen molar-refractivity contribution in [2.24, 2.45) is 7.05 Å². The van der Waals surface area contributed by atoms with Crippen molar-refractivity contribution in [2.75, 3.05) is 5.32 Å². The molecule has 0 saturated heterocycles. The Hall–Kier alpha value is -1.84. The number of nitrogens with one attached hydrogen (secondary N) is 1. The Morgan fingerprint density at radius 1 is 1.38 bits per heavy atom. The van der Waals surface area contributed by atoms with Crippen molar-refractivity contribution in [3.63, 3.8) is 0 Å². The standard InChI is InChI=1S/C12H14FN3/c1-9-5-10(13)7-11(6-9)15-8-12-14-3-4-16(12)2/h3-7,15H,8H2,1-2H3. The van der Waals surface area contributed by atoms with E-state index in [0.717, 1.165) is 17.1 Å². The van der Waals surface area contributed by atoms with Crippen LogP contribution >= 0.6 is 0 Å². The minimum Gasteiger partial charge on any atom is -0.378 e. The molecule has 0 aliphatic heterocycles. The lowest BCUT2D eigenvalue weighted by atomic mass is 10.2. The van der Waals surface area contributed by atoms with Crippen LogP contribution in [0.25, 0.3) is 0 Å². The highest BCUT2D eigenvalue weighted by Crippen LogP contribution is 2.13. The predicted octanol–water partition coefficient (Wildman–Crippen LogP) is 2.48. The third kappa shape index (κ3) is 2.39. The summed E-state index contributed by atoms with van der Waals surface area (Å²) in [6, 6.07) is 4.90. The molecule has 0 fully saturated rings. The number of nitrogens with zero attached hydrogens (tertiary/aromatic N) is 2. The van der Waals surface area contributed by atoms with E-state index >= 15 is 0 Å². The highest BCUT2D eigenvalue weighted by Gasteiger charge is 2.00. The van der Waals surface area contributed by atoms with Crippen molar-refractivity contribution in [1.82, 2.24) is 9.55 Å². The normalized spacial score (nSPS) is 10.4. The molecular formula is C12H14FN3. The second-order valence-electron chi connectivity index (χ2n) is 3.83. The molecule has 1 N–H and O–H groups in total. The van der Waals surface area contributed by atoms with Crippen molar-refractivity contribution in [3.05, 3.63) is 47.8 Å². The molecule has 16 heavy (non-hydrogen) atoms. The number of aromatic nitrogens is 2. The number of anilines is 1. The van der Waals surface area contributed by atoms with Gasteiger partial charge < -0.3 is 9.88 Å². The number of hydrogen-bond donors (Lipinski definition) is 1. The highest BCUT2D eigenvalue weighted by molar-refractivity contribution is 5.45. The van der Waals surface area contributed by atoms with Gasteiger partial charge in [0, 0.05) is 25.1 Å². The van der Waals surface area contributed by atoms with Gasteiger partial charge in [-0.3, -0.25) is 0 Å². The van der Waals surface area contributed by atoms with Crippen LogP contribution in [-0.4, -0.2) is 9.55 Å². The van der Waals surface area contributed by atoms with Crippen LogP contribution in [0.5, 0.6) is 0 Å². The van der Waals surface area contributed by atoms with Gasteiger partial charge in [-0.25, -0.2) is 9.37 Å². The Kier molecular flexibility index (Phi) is 2.90. The fourth-order valence-electron chi connectivity index (χ4n) is 1.59. The lowest BCUT2D eigenvalue weighted by Gasteiger charge is -2.07. The second-order valence-corrected chi connectivity index (χ2v) is 3.83. The molecule has 0 amide bonds. The first-order chi connectivity index (χ1) is 7.65. The molecule has 0 spiro atoms. The molecule has 0 bridgehead atoms. The molecule has 0 aliphatic carbocycles. The SMILES string of the molecule is Cc1cc(F)cc(NCc2nccn2C)c1. The third-order valence-electron chi connectivity index (χ3n) is 2.41. The summed E-state index contributed by atoms with van der Waals surface area (Å²) < 4.78 is 15.0. The van der Waals surface area contributed by atoms with Gasteiger partial charge in [0.2, 0.25) is 0 Å². The predicted molar refractivity (Wildman–Crippen MR) is 61.7 cm³/mol. The minimum absolute atomic E-state index is 0.220. The molecule has 3 nitrogen and oxygen atoms in total. The van der Waals surface area contributed by atoms with Crippen LogP contribution in [0.15, 0.2) is 30.6 Å². The summed E-state index contributed by atoms with van der Waals surface area (Å²) in [5.74, 6) is 0.698. The molecule has 2 aromatic rings. The van der Waals surface area contributed by atoms with E-state index in [1.165, 1.54) is 12.1 Å². The van der Waals surface area contributed by atoms with Crippen LogP contribution in [-0.2, 0) is 13.6 Å². The third-order valence-corrected chi connectivity index (χ3v) is 2.41. The average molecular weight is 219 g/mol. The zero-order valence-electron chi connectivity index (χ0n) is 9.37. The first-order valence-electron chi connectivity index (χ1n) is 5.12. The Labute approximate surface area is 93.9 Å². The molecule has 0 atom stereocenters. The number of halogens is 1. The first kappa shape index (κ1) is 10.7. The van der Waals surface area contributed by atoms with E-state index in [-0.39, 0.29) is 5.82 Å². The number of rotatable bonds is 3. The van der Waals surface area contributed by atoms with Gasteiger partial charge in [-0.2, -0.15) is 0 Å². The van der Waals surface area contributed by atoms with Gasteiger partial charge >= 0.3 is 0 Å². The number of hydrogen-bond acceptors (Lipinski definition) is 2. The van der Waals surface area contributed by atoms with E-state index < -0.39 is 0 Å². The zero-order chi connectivity index (χ0) is 11.5. The van der Waals surface area contributed by atoms with Crippen LogP contribution < -0.4 is 5.32 Å². The van der Waals surface area contributed by atoms with Gasteiger partial charge in [-0.15, -0.1) is 0 Å². The largest absolute Gasteiger partial charge is 0.378 e. The van der Waals surface area contributed by atoms with E-state index in [4.69, 9.17) is 0 Å². The summed E-state index contributed by atoms with van der Waals surface area (Å²) >= 11 is 0. The topological polar surface area (TPSA) is 29.9 Å². The summed E-state index contributed by atoms with van der Waals surface area (Å²) in [5.41, 5.74) is 1.68. The lowest BCUT2D eigenvalue weighted by Crippen LogP contribution is -2.05. The van der Waals surface area contributed by atoms with Crippen molar-refractivity contribution in [3.8, 4) is 0 Å². The summed E-state index contributed by atoms with van der Waals surface area (Å²) in [4.78, 5) is 4.18. The maximum Gasteiger partial charge on any atom is 0.127 e. The number of aryl methyl sites for hydroxylation is 2. The minimum atomic E-state index is -0.220. The van der Waals surface area contributed by atoms with E-state index in [2.05, 4.69) is 10.3 Å². The average Bonchev–Trinajstić information content (AvgIpc) is 2.59. The molecule has 2 rings (SSSR count). The molecule has 84 valence electrons. The molecule has 0 unspecified atom stereocenters. The molecule has 0 saturated carbocycles. The molecule has 0 aliphatic rings. The Morgan fingerprint density at radius 2 is 2.19 bits per heavy atom. The van der Waals surface area contributed by atoms with E-state index in [0.29, 0.717) is 6.54 Å². The van der Waals surface area contributed by atoms with Crippen molar-refractivity contribution in [2.45, 2.75) is 13.5 Å². The van der Waals surface area contributed by atoms with E-state index in [1.54, 1.807) is 6.20 Å². The maximum atomic E-state index is 13.1. The number of imidazole rings is 1. The summed E-state index contributed by atoms with van der Waals surface area (Å²) in [7, 11) is 1.93. The van der Waals surface area contributed by atoms with Crippen molar-refractivity contribution < 1.29 is 4.39 Å². The smallest absolute Gasteiger partial charge is 0.127 e. The Bertz CT molecular complexity index is 471. The maximum absolute atomic E-state index is 13.1. The lowest BCUT2D eigenvalue weighted by molar-refractivity contribution is 0.627. The van der Waals surface area contributed by atoms with Crippen LogP contribution in [0, 0.1) is 12.7 Å². The van der Waals surface area contributed by atoms with Crippen LogP contribution in [0.4, 0.5) is 10.1 Å². The van der Waals surface area contributed by atoms with Crippen LogP contribution in [0.2, 0.25) is 0 Å². The molecule has 4 heteroatoms. The highest BCUT2D eigenvalue weighted by atomic mass is 19.1. The van der Waals surface area contributed by atoms with Gasteiger partial charge in [0.15, 0.2) is 0 Å². The fraction of sp³-hybridized carbons (Fsp3) is 0.250. The van der Waals surface area contributed by atoms with Crippen molar-refractivity contribution >= 4 is 5.69 Å². The van der Waals surface area contributed by atoms with Gasteiger partial charge in [0.25, 0.3) is 0 Å². The molecule has 1 aromatic heterocycles. The second kappa shape index (κ2) is 4.35. The number of benzene rings is 1. The van der Waals surface area contributed by atoms with Crippen molar-refractivity contribution in [1.29, 1.82) is 0 Å². The molecular weight excluding hydrogens is 205 g/mol. The van der Waals surface area contributed by atoms with E-state index in [1.807, 2.05) is 30.8 Å². The van der Waals surface area contributed by atoms with E-state index in [9.17, 15) is 4.39 Å². The zero-order valence-corrected chi connectivity index (χ0v) is 9.37. The molecule has 1 aromatic carbocycles. The summed E-state index contributed by atoms with van der Waals surface area (Å²) in [5, 5.41) is 3.15. The first-order valence-corrected chi connectivity index (χ1v) is 5.12. The Morgan fingerprint density at radius 3 is 2.81 bits per heavy atom. The summed E-state index contributed by atoms with van der Waals surface area (Å²) in [6.07, 6.45) is 3.63. The van der Waals surface area contributed by atoms with Gasteiger partial charge in [0.1, 0.15) is 11.6 Å². The fourth-order valence-corrected chi connectivity index (χ4v) is 1.59. The van der Waals surface area contributed by atoms with Gasteiger partial charge in [0.05, 0.1) is 6.54 Å². The van der Waals surface area contributed by atoms with Gasteiger partial charge in [-0.05, 0) is 30.7 Å². The monoisotopic (exact) mass is 219 g/mol. The van der Waals surface area contributed by atoms with Crippen LogP contribution in [0.1, 0.15) is 11.4 Å². The van der Waals surface area contributed by atoms with Gasteiger partial charge in [-0.1, -0.05) is 0 Å². The molecule has 1 heterocycles. The van der Waals surface area contributed by atoms with Crippen LogP contribution in [0.3, 0.4) is 0 Å². The Balaban J connectivity index is 2.07. The summed E-state index contributed by atoms with van der Waals surface area (Å²) in [6.45, 7) is 2.46.